The van der Waals surface area contributed by atoms with Crippen LogP contribution in [0.1, 0.15) is 56.6 Å². The quantitative estimate of drug-likeness (QED) is 0.883. The molecule has 0 spiro atoms. The Morgan fingerprint density at radius 1 is 1.37 bits per heavy atom. The summed E-state index contributed by atoms with van der Waals surface area (Å²) in [5, 5.41) is 3.37. The van der Waals surface area contributed by atoms with Crippen LogP contribution in [0.5, 0.6) is 0 Å². The number of furan rings is 1. The van der Waals surface area contributed by atoms with Crippen molar-refractivity contribution in [3.63, 3.8) is 0 Å². The maximum absolute atomic E-state index is 5.92. The molecule has 1 aromatic rings. The Kier molecular flexibility index (Phi) is 5.46. The standard InChI is InChI=1S/C16H28N2O/c1-4-17-11-15-10-16(19-14(15)3)12-18-9-7-5-6-8-13(18)2/h10,13,17H,4-9,11-12H2,1-3H3. The molecule has 0 bridgehead atoms. The van der Waals surface area contributed by atoms with Crippen LogP contribution in [-0.2, 0) is 13.1 Å². The van der Waals surface area contributed by atoms with Gasteiger partial charge in [-0.25, -0.2) is 0 Å². The van der Waals surface area contributed by atoms with Gasteiger partial charge in [-0.1, -0.05) is 19.8 Å². The summed E-state index contributed by atoms with van der Waals surface area (Å²) < 4.78 is 5.92. The second-order valence-electron chi connectivity index (χ2n) is 5.74. The molecular formula is C16H28N2O. The predicted octanol–water partition coefficient (Wildman–Crippen LogP) is 3.46. The largest absolute Gasteiger partial charge is 0.465 e. The highest BCUT2D eigenvalue weighted by atomic mass is 16.3. The summed E-state index contributed by atoms with van der Waals surface area (Å²) in [6.45, 7) is 10.7. The highest BCUT2D eigenvalue weighted by Gasteiger charge is 2.18. The van der Waals surface area contributed by atoms with Gasteiger partial charge in [0.2, 0.25) is 0 Å². The number of aryl methyl sites for hydroxylation is 1. The van der Waals surface area contributed by atoms with Crippen LogP contribution >= 0.6 is 0 Å². The first-order valence-electron chi connectivity index (χ1n) is 7.73. The highest BCUT2D eigenvalue weighted by Crippen LogP contribution is 2.21. The van der Waals surface area contributed by atoms with E-state index in [9.17, 15) is 0 Å². The van der Waals surface area contributed by atoms with Gasteiger partial charge < -0.3 is 9.73 Å². The molecule has 0 amide bonds. The van der Waals surface area contributed by atoms with E-state index in [0.717, 1.165) is 31.2 Å². The second kappa shape index (κ2) is 7.11. The monoisotopic (exact) mass is 264 g/mol. The number of nitrogens with zero attached hydrogens (tertiary/aromatic N) is 1. The van der Waals surface area contributed by atoms with Crippen molar-refractivity contribution in [2.24, 2.45) is 0 Å². The SMILES string of the molecule is CCNCc1cc(CN2CCCCCC2C)oc1C. The Bertz CT molecular complexity index is 386. The molecule has 0 saturated carbocycles. The van der Waals surface area contributed by atoms with Crippen molar-refractivity contribution in [2.75, 3.05) is 13.1 Å². The summed E-state index contributed by atoms with van der Waals surface area (Å²) in [5.74, 6) is 2.19. The summed E-state index contributed by atoms with van der Waals surface area (Å²) in [6.07, 6.45) is 5.41. The van der Waals surface area contributed by atoms with E-state index in [0.29, 0.717) is 6.04 Å². The summed E-state index contributed by atoms with van der Waals surface area (Å²) in [4.78, 5) is 2.57. The Morgan fingerprint density at radius 3 is 3.00 bits per heavy atom. The lowest BCUT2D eigenvalue weighted by molar-refractivity contribution is 0.188. The molecule has 1 aliphatic rings. The number of rotatable bonds is 5. The van der Waals surface area contributed by atoms with E-state index in [-0.39, 0.29) is 0 Å². The van der Waals surface area contributed by atoms with Crippen molar-refractivity contribution in [1.82, 2.24) is 10.2 Å². The molecule has 1 fully saturated rings. The van der Waals surface area contributed by atoms with E-state index in [2.05, 4.69) is 37.1 Å². The molecule has 1 N–H and O–H groups in total. The van der Waals surface area contributed by atoms with Gasteiger partial charge in [0.1, 0.15) is 11.5 Å². The molecule has 1 atom stereocenters. The number of hydrogen-bond acceptors (Lipinski definition) is 3. The van der Waals surface area contributed by atoms with E-state index in [1.54, 1.807) is 0 Å². The molecule has 2 rings (SSSR count). The minimum atomic E-state index is 0.685. The van der Waals surface area contributed by atoms with Gasteiger partial charge in [-0.3, -0.25) is 4.90 Å². The molecule has 3 heteroatoms. The van der Waals surface area contributed by atoms with Crippen LogP contribution in [-0.4, -0.2) is 24.0 Å². The smallest absolute Gasteiger partial charge is 0.118 e. The van der Waals surface area contributed by atoms with Gasteiger partial charge in [-0.15, -0.1) is 0 Å². The molecule has 1 saturated heterocycles. The first-order chi connectivity index (χ1) is 9.20. The van der Waals surface area contributed by atoms with E-state index in [4.69, 9.17) is 4.42 Å². The minimum Gasteiger partial charge on any atom is -0.465 e. The molecule has 0 radical (unpaired) electrons. The maximum atomic E-state index is 5.92. The molecule has 1 aliphatic heterocycles. The van der Waals surface area contributed by atoms with Gasteiger partial charge in [0.25, 0.3) is 0 Å². The van der Waals surface area contributed by atoms with Crippen molar-refractivity contribution < 1.29 is 4.42 Å². The fourth-order valence-electron chi connectivity index (χ4n) is 2.87. The predicted molar refractivity (Wildman–Crippen MR) is 79.2 cm³/mol. The van der Waals surface area contributed by atoms with Crippen LogP contribution in [0.2, 0.25) is 0 Å². The average Bonchev–Trinajstić information content (AvgIpc) is 2.61. The third-order valence-electron chi connectivity index (χ3n) is 4.19. The Balaban J connectivity index is 1.97. The lowest BCUT2D eigenvalue weighted by Crippen LogP contribution is -2.31. The maximum Gasteiger partial charge on any atom is 0.118 e. The van der Waals surface area contributed by atoms with E-state index in [1.807, 2.05) is 0 Å². The van der Waals surface area contributed by atoms with Crippen molar-refractivity contribution in [3.8, 4) is 0 Å². The molecule has 1 unspecified atom stereocenters. The molecular weight excluding hydrogens is 236 g/mol. The summed E-state index contributed by atoms with van der Waals surface area (Å²) in [5.41, 5.74) is 1.30. The van der Waals surface area contributed by atoms with Gasteiger partial charge in [0.15, 0.2) is 0 Å². The topological polar surface area (TPSA) is 28.4 Å². The number of likely N-dealkylation sites (tertiary alicyclic amines) is 1. The van der Waals surface area contributed by atoms with Crippen LogP contribution in [0.25, 0.3) is 0 Å². The van der Waals surface area contributed by atoms with E-state index >= 15 is 0 Å². The van der Waals surface area contributed by atoms with Gasteiger partial charge in [-0.05, 0) is 45.8 Å². The first kappa shape index (κ1) is 14.6. The van der Waals surface area contributed by atoms with Crippen molar-refractivity contribution >= 4 is 0 Å². The van der Waals surface area contributed by atoms with Gasteiger partial charge in [-0.2, -0.15) is 0 Å². The van der Waals surface area contributed by atoms with E-state index < -0.39 is 0 Å². The third kappa shape index (κ3) is 4.08. The van der Waals surface area contributed by atoms with Crippen molar-refractivity contribution in [3.05, 3.63) is 23.2 Å². The Hall–Kier alpha value is -0.800. The second-order valence-corrected chi connectivity index (χ2v) is 5.74. The zero-order valence-electron chi connectivity index (χ0n) is 12.7. The molecule has 2 heterocycles. The zero-order chi connectivity index (χ0) is 13.7. The van der Waals surface area contributed by atoms with Crippen molar-refractivity contribution in [1.29, 1.82) is 0 Å². The average molecular weight is 264 g/mol. The fraction of sp³-hybridized carbons (Fsp3) is 0.750. The number of hydrogen-bond donors (Lipinski definition) is 1. The summed E-state index contributed by atoms with van der Waals surface area (Å²) >= 11 is 0. The van der Waals surface area contributed by atoms with E-state index in [1.165, 1.54) is 37.8 Å². The zero-order valence-corrected chi connectivity index (χ0v) is 12.7. The minimum absolute atomic E-state index is 0.685. The molecule has 3 nitrogen and oxygen atoms in total. The lowest BCUT2D eigenvalue weighted by atomic mass is 10.1. The molecule has 0 aliphatic carbocycles. The molecule has 0 aromatic carbocycles. The van der Waals surface area contributed by atoms with Crippen LogP contribution in [0, 0.1) is 6.92 Å². The molecule has 108 valence electrons. The Morgan fingerprint density at radius 2 is 2.21 bits per heavy atom. The summed E-state index contributed by atoms with van der Waals surface area (Å²) in [7, 11) is 0. The van der Waals surface area contributed by atoms with Crippen LogP contribution < -0.4 is 5.32 Å². The van der Waals surface area contributed by atoms with Gasteiger partial charge >= 0.3 is 0 Å². The lowest BCUT2D eigenvalue weighted by Gasteiger charge is -2.25. The highest BCUT2D eigenvalue weighted by molar-refractivity contribution is 5.20. The van der Waals surface area contributed by atoms with Crippen LogP contribution in [0.3, 0.4) is 0 Å². The fourth-order valence-corrected chi connectivity index (χ4v) is 2.87. The Labute approximate surface area is 117 Å². The van der Waals surface area contributed by atoms with Crippen molar-refractivity contribution in [2.45, 2.75) is 65.6 Å². The summed E-state index contributed by atoms with van der Waals surface area (Å²) in [6, 6.07) is 2.92. The third-order valence-corrected chi connectivity index (χ3v) is 4.19. The first-order valence-corrected chi connectivity index (χ1v) is 7.73. The van der Waals surface area contributed by atoms with Gasteiger partial charge in [0, 0.05) is 18.2 Å². The van der Waals surface area contributed by atoms with Gasteiger partial charge in [0.05, 0.1) is 6.54 Å². The normalized spacial score (nSPS) is 21.5. The number of nitrogens with one attached hydrogen (secondary N) is 1. The van der Waals surface area contributed by atoms with Crippen LogP contribution in [0.4, 0.5) is 0 Å². The molecule has 1 aromatic heterocycles. The van der Waals surface area contributed by atoms with Crippen LogP contribution in [0.15, 0.2) is 10.5 Å². The molecule has 19 heavy (non-hydrogen) atoms.